The van der Waals surface area contributed by atoms with Crippen molar-refractivity contribution in [2.45, 2.75) is 44.2 Å². The number of rotatable bonds is 3. The van der Waals surface area contributed by atoms with E-state index >= 15 is 0 Å². The molecular formula is C13H23N3O. The van der Waals surface area contributed by atoms with Crippen LogP contribution in [0.2, 0.25) is 0 Å². The van der Waals surface area contributed by atoms with E-state index in [1.54, 1.807) is 0 Å². The van der Waals surface area contributed by atoms with Crippen molar-refractivity contribution in [2.75, 3.05) is 26.7 Å². The number of likely N-dealkylation sites (N-methyl/N-ethyl adjacent to an activating group) is 1. The van der Waals surface area contributed by atoms with Crippen LogP contribution in [0.4, 0.5) is 4.79 Å². The van der Waals surface area contributed by atoms with Crippen molar-refractivity contribution in [1.82, 2.24) is 15.1 Å². The molecule has 1 saturated carbocycles. The summed E-state index contributed by atoms with van der Waals surface area (Å²) in [6.07, 6.45) is 6.47. The highest BCUT2D eigenvalue weighted by Crippen LogP contribution is 2.35. The number of urea groups is 1. The number of amides is 2. The van der Waals surface area contributed by atoms with Gasteiger partial charge in [0.15, 0.2) is 0 Å². The Morgan fingerprint density at radius 2 is 2.12 bits per heavy atom. The summed E-state index contributed by atoms with van der Waals surface area (Å²) in [6.45, 7) is 2.99. The number of hydrogen-bond donors (Lipinski definition) is 1. The summed E-state index contributed by atoms with van der Waals surface area (Å²) >= 11 is 0. The van der Waals surface area contributed by atoms with Gasteiger partial charge < -0.3 is 15.1 Å². The molecule has 3 fully saturated rings. The molecule has 2 heterocycles. The van der Waals surface area contributed by atoms with Gasteiger partial charge in [-0.05, 0) is 38.1 Å². The Bertz CT molecular complexity index is 297. The summed E-state index contributed by atoms with van der Waals surface area (Å²) in [4.78, 5) is 16.2. The molecule has 2 aliphatic heterocycles. The molecule has 1 aliphatic carbocycles. The Morgan fingerprint density at radius 1 is 1.29 bits per heavy atom. The third-order valence-corrected chi connectivity index (χ3v) is 4.77. The van der Waals surface area contributed by atoms with E-state index in [2.05, 4.69) is 10.2 Å². The largest absolute Gasteiger partial charge is 0.323 e. The summed E-state index contributed by atoms with van der Waals surface area (Å²) in [5, 5.41) is 3.48. The molecule has 4 nitrogen and oxygen atoms in total. The Labute approximate surface area is 103 Å². The Balaban J connectivity index is 1.59. The molecule has 2 unspecified atom stereocenters. The lowest BCUT2D eigenvalue weighted by Crippen LogP contribution is -2.39. The second kappa shape index (κ2) is 4.48. The quantitative estimate of drug-likeness (QED) is 0.802. The summed E-state index contributed by atoms with van der Waals surface area (Å²) < 4.78 is 0. The van der Waals surface area contributed by atoms with Crippen molar-refractivity contribution in [3.8, 4) is 0 Å². The van der Waals surface area contributed by atoms with Gasteiger partial charge in [-0.1, -0.05) is 6.42 Å². The summed E-state index contributed by atoms with van der Waals surface area (Å²) in [5.74, 6) is 0.769. The maximum absolute atomic E-state index is 12.2. The van der Waals surface area contributed by atoms with Crippen LogP contribution in [0.5, 0.6) is 0 Å². The minimum absolute atomic E-state index is 0.246. The zero-order valence-corrected chi connectivity index (χ0v) is 10.7. The molecule has 2 atom stereocenters. The van der Waals surface area contributed by atoms with Gasteiger partial charge in [-0.3, -0.25) is 0 Å². The first kappa shape index (κ1) is 11.3. The molecule has 1 N–H and O–H groups in total. The molecule has 0 radical (unpaired) electrons. The van der Waals surface area contributed by atoms with E-state index in [1.165, 1.54) is 32.1 Å². The van der Waals surface area contributed by atoms with Crippen LogP contribution in [0.1, 0.15) is 32.1 Å². The minimum Gasteiger partial charge on any atom is -0.323 e. The first-order chi connectivity index (χ1) is 8.25. The first-order valence-corrected chi connectivity index (χ1v) is 7.01. The normalized spacial score (nSPS) is 34.5. The third kappa shape index (κ3) is 2.03. The first-order valence-electron chi connectivity index (χ1n) is 7.01. The fourth-order valence-electron chi connectivity index (χ4n) is 3.41. The van der Waals surface area contributed by atoms with Gasteiger partial charge in [0.2, 0.25) is 0 Å². The highest BCUT2D eigenvalue weighted by Gasteiger charge is 2.41. The second-order valence-electron chi connectivity index (χ2n) is 5.85. The topological polar surface area (TPSA) is 35.6 Å². The van der Waals surface area contributed by atoms with Crippen molar-refractivity contribution < 1.29 is 4.79 Å². The average molecular weight is 237 g/mol. The van der Waals surface area contributed by atoms with Crippen LogP contribution in [0.15, 0.2) is 0 Å². The fourth-order valence-corrected chi connectivity index (χ4v) is 3.41. The molecule has 0 aromatic rings. The van der Waals surface area contributed by atoms with Gasteiger partial charge in [0.25, 0.3) is 0 Å². The minimum atomic E-state index is 0.246. The monoisotopic (exact) mass is 237 g/mol. The highest BCUT2D eigenvalue weighted by molar-refractivity contribution is 5.77. The lowest BCUT2D eigenvalue weighted by atomic mass is 9.79. The molecule has 2 saturated heterocycles. The maximum Gasteiger partial charge on any atom is 0.320 e. The van der Waals surface area contributed by atoms with Crippen LogP contribution in [-0.4, -0.2) is 54.6 Å². The number of hydrogen-bond acceptors (Lipinski definition) is 2. The average Bonchev–Trinajstić information content (AvgIpc) is 2.82. The Kier molecular flexibility index (Phi) is 2.99. The van der Waals surface area contributed by atoms with E-state index in [9.17, 15) is 4.79 Å². The van der Waals surface area contributed by atoms with E-state index in [0.29, 0.717) is 12.1 Å². The van der Waals surface area contributed by atoms with Crippen molar-refractivity contribution in [2.24, 2.45) is 5.92 Å². The van der Waals surface area contributed by atoms with E-state index in [4.69, 9.17) is 0 Å². The molecular weight excluding hydrogens is 214 g/mol. The molecule has 0 spiro atoms. The molecule has 0 aromatic carbocycles. The predicted molar refractivity (Wildman–Crippen MR) is 66.9 cm³/mol. The van der Waals surface area contributed by atoms with Crippen LogP contribution >= 0.6 is 0 Å². The van der Waals surface area contributed by atoms with Gasteiger partial charge in [-0.2, -0.15) is 0 Å². The van der Waals surface area contributed by atoms with Gasteiger partial charge in [-0.15, -0.1) is 0 Å². The van der Waals surface area contributed by atoms with Crippen molar-refractivity contribution in [3.05, 3.63) is 0 Å². The Hall–Kier alpha value is -0.770. The molecule has 4 heteroatoms. The smallest absolute Gasteiger partial charge is 0.320 e. The maximum atomic E-state index is 12.2. The van der Waals surface area contributed by atoms with Crippen molar-refractivity contribution >= 4 is 6.03 Å². The molecule has 3 rings (SSSR count). The van der Waals surface area contributed by atoms with E-state index in [-0.39, 0.29) is 6.03 Å². The van der Waals surface area contributed by atoms with Crippen LogP contribution < -0.4 is 5.32 Å². The zero-order valence-electron chi connectivity index (χ0n) is 10.7. The molecule has 3 aliphatic rings. The van der Waals surface area contributed by atoms with Crippen LogP contribution in [0.25, 0.3) is 0 Å². The summed E-state index contributed by atoms with van der Waals surface area (Å²) in [5.41, 5.74) is 0. The van der Waals surface area contributed by atoms with Gasteiger partial charge >= 0.3 is 6.03 Å². The number of nitrogens with zero attached hydrogens (tertiary/aromatic N) is 2. The van der Waals surface area contributed by atoms with Crippen LogP contribution in [0, 0.1) is 5.92 Å². The molecule has 0 aromatic heterocycles. The van der Waals surface area contributed by atoms with Gasteiger partial charge in [0.1, 0.15) is 0 Å². The van der Waals surface area contributed by atoms with Gasteiger partial charge in [0, 0.05) is 26.2 Å². The Morgan fingerprint density at radius 3 is 2.71 bits per heavy atom. The van der Waals surface area contributed by atoms with E-state index in [0.717, 1.165) is 25.6 Å². The second-order valence-corrected chi connectivity index (χ2v) is 5.85. The molecule has 0 bridgehead atoms. The number of nitrogens with one attached hydrogen (secondary N) is 1. The predicted octanol–water partition coefficient (Wildman–Crippen LogP) is 1.27. The standard InChI is InChI=1S/C13H23N3O/c1-15-12(10-4-2-5-10)9-16(13(15)17)8-11-6-3-7-14-11/h10-12,14H,2-9H2,1H3. The van der Waals surface area contributed by atoms with Crippen LogP contribution in [-0.2, 0) is 0 Å². The van der Waals surface area contributed by atoms with Gasteiger partial charge in [0.05, 0.1) is 6.04 Å². The van der Waals surface area contributed by atoms with E-state index < -0.39 is 0 Å². The molecule has 96 valence electrons. The molecule has 2 amide bonds. The molecule has 17 heavy (non-hydrogen) atoms. The van der Waals surface area contributed by atoms with E-state index in [1.807, 2.05) is 11.9 Å². The third-order valence-electron chi connectivity index (χ3n) is 4.77. The highest BCUT2D eigenvalue weighted by atomic mass is 16.2. The SMILES string of the molecule is CN1C(=O)N(CC2CCCN2)CC1C1CCC1. The van der Waals surface area contributed by atoms with Gasteiger partial charge in [-0.25, -0.2) is 4.79 Å². The van der Waals surface area contributed by atoms with Crippen LogP contribution in [0.3, 0.4) is 0 Å². The zero-order chi connectivity index (χ0) is 11.8. The lowest BCUT2D eigenvalue weighted by Gasteiger charge is -2.34. The van der Waals surface area contributed by atoms with Crippen molar-refractivity contribution in [1.29, 1.82) is 0 Å². The lowest BCUT2D eigenvalue weighted by molar-refractivity contribution is 0.163. The summed E-state index contributed by atoms with van der Waals surface area (Å²) in [6, 6.07) is 1.26. The number of carbonyl (C=O) groups is 1. The summed E-state index contributed by atoms with van der Waals surface area (Å²) in [7, 11) is 1.98. The van der Waals surface area contributed by atoms with Crippen molar-refractivity contribution in [3.63, 3.8) is 0 Å². The fraction of sp³-hybridized carbons (Fsp3) is 0.923. The number of carbonyl (C=O) groups excluding carboxylic acids is 1.